The predicted molar refractivity (Wildman–Crippen MR) is 122 cm³/mol. The second-order valence-electron chi connectivity index (χ2n) is 8.80. The molecule has 1 atom stereocenters. The third-order valence-corrected chi connectivity index (χ3v) is 8.60. The number of carbonyl (C=O) groups is 2. The molecule has 0 N–H and O–H groups in total. The maximum absolute atomic E-state index is 13.4. The lowest BCUT2D eigenvalue weighted by molar-refractivity contribution is -0.142. The van der Waals surface area contributed by atoms with Gasteiger partial charge in [0.25, 0.3) is 11.8 Å². The molecule has 0 spiro atoms. The zero-order chi connectivity index (χ0) is 23.4. The molecule has 10 heteroatoms. The molecule has 0 radical (unpaired) electrons. The number of hydrogen-bond donors (Lipinski definition) is 0. The number of sulfonamides is 1. The number of rotatable bonds is 5. The fourth-order valence-corrected chi connectivity index (χ4v) is 6.42. The van der Waals surface area contributed by atoms with Gasteiger partial charge in [-0.2, -0.15) is 4.31 Å². The molecule has 1 aromatic rings. The number of ether oxygens (including phenoxy) is 2. The SMILES string of the molecule is COc1ccc(C(=O)N2CCN(C(=O)C3CCCO3)CC2)cc1S(=O)(=O)N1CCCCCC1. The first-order valence-corrected chi connectivity index (χ1v) is 13.2. The van der Waals surface area contributed by atoms with Crippen LogP contribution in [0.25, 0.3) is 0 Å². The molecule has 33 heavy (non-hydrogen) atoms. The minimum Gasteiger partial charge on any atom is -0.495 e. The Morgan fingerprint density at radius 3 is 2.21 bits per heavy atom. The van der Waals surface area contributed by atoms with Gasteiger partial charge in [0, 0.05) is 51.4 Å². The molecule has 182 valence electrons. The van der Waals surface area contributed by atoms with Crippen LogP contribution in [0.15, 0.2) is 23.1 Å². The molecule has 1 unspecified atom stereocenters. The second kappa shape index (κ2) is 10.4. The van der Waals surface area contributed by atoms with Crippen LogP contribution in [0.5, 0.6) is 5.75 Å². The molecular weight excluding hydrogens is 446 g/mol. The number of nitrogens with zero attached hydrogens (tertiary/aromatic N) is 3. The Balaban J connectivity index is 1.48. The van der Waals surface area contributed by atoms with Crippen molar-refractivity contribution in [3.63, 3.8) is 0 Å². The molecule has 0 aromatic heterocycles. The van der Waals surface area contributed by atoms with Crippen molar-refractivity contribution < 1.29 is 27.5 Å². The summed E-state index contributed by atoms with van der Waals surface area (Å²) >= 11 is 0. The van der Waals surface area contributed by atoms with Crippen molar-refractivity contribution in [3.8, 4) is 5.75 Å². The molecule has 2 amide bonds. The van der Waals surface area contributed by atoms with Gasteiger partial charge >= 0.3 is 0 Å². The Kier molecular flexibility index (Phi) is 7.55. The van der Waals surface area contributed by atoms with Crippen molar-refractivity contribution in [2.45, 2.75) is 49.5 Å². The Labute approximate surface area is 195 Å². The van der Waals surface area contributed by atoms with E-state index in [0.717, 1.165) is 38.5 Å². The zero-order valence-electron chi connectivity index (χ0n) is 19.2. The third-order valence-electron chi connectivity index (χ3n) is 6.68. The molecular formula is C23H33N3O6S. The summed E-state index contributed by atoms with van der Waals surface area (Å²) < 4.78 is 39.1. The summed E-state index contributed by atoms with van der Waals surface area (Å²) in [5.74, 6) is -0.00756. The average Bonchev–Trinajstić information content (AvgIpc) is 3.24. The minimum atomic E-state index is -3.77. The Bertz CT molecular complexity index is 960. The first-order valence-electron chi connectivity index (χ1n) is 11.8. The maximum atomic E-state index is 13.4. The standard InChI is InChI=1S/C23H33N3O6S/c1-31-19-9-8-18(17-21(19)33(29,30)26-10-4-2-3-5-11-26)22(27)24-12-14-25(15-13-24)23(28)20-7-6-16-32-20/h8-9,17,20H,2-7,10-16H2,1H3. The van der Waals surface area contributed by atoms with Gasteiger partial charge in [-0.3, -0.25) is 9.59 Å². The number of benzene rings is 1. The number of methoxy groups -OCH3 is 1. The highest BCUT2D eigenvalue weighted by Crippen LogP contribution is 2.30. The van der Waals surface area contributed by atoms with Gasteiger partial charge in [0.1, 0.15) is 16.7 Å². The summed E-state index contributed by atoms with van der Waals surface area (Å²) in [6.45, 7) is 3.26. The van der Waals surface area contributed by atoms with E-state index in [1.807, 2.05) is 0 Å². The van der Waals surface area contributed by atoms with Crippen LogP contribution in [0, 0.1) is 0 Å². The third kappa shape index (κ3) is 5.17. The molecule has 9 nitrogen and oxygen atoms in total. The molecule has 0 saturated carbocycles. The van der Waals surface area contributed by atoms with E-state index >= 15 is 0 Å². The molecule has 3 heterocycles. The lowest BCUT2D eigenvalue weighted by Crippen LogP contribution is -2.52. The zero-order valence-corrected chi connectivity index (χ0v) is 20.0. The predicted octanol–water partition coefficient (Wildman–Crippen LogP) is 1.72. The van der Waals surface area contributed by atoms with Crippen LogP contribution in [-0.4, -0.2) is 93.4 Å². The number of amides is 2. The van der Waals surface area contributed by atoms with E-state index < -0.39 is 10.0 Å². The van der Waals surface area contributed by atoms with Crippen LogP contribution < -0.4 is 4.74 Å². The van der Waals surface area contributed by atoms with Gasteiger partial charge in [0.05, 0.1) is 7.11 Å². The van der Waals surface area contributed by atoms with Crippen molar-refractivity contribution in [1.29, 1.82) is 0 Å². The Morgan fingerprint density at radius 2 is 1.61 bits per heavy atom. The van der Waals surface area contributed by atoms with Gasteiger partial charge in [0.15, 0.2) is 0 Å². The minimum absolute atomic E-state index is 0.00474. The quantitative estimate of drug-likeness (QED) is 0.638. The van der Waals surface area contributed by atoms with E-state index in [-0.39, 0.29) is 28.6 Å². The van der Waals surface area contributed by atoms with Crippen molar-refractivity contribution in [2.24, 2.45) is 0 Å². The van der Waals surface area contributed by atoms with E-state index in [1.165, 1.54) is 17.5 Å². The van der Waals surface area contributed by atoms with E-state index in [2.05, 4.69) is 0 Å². The number of piperazine rings is 1. The maximum Gasteiger partial charge on any atom is 0.254 e. The summed E-state index contributed by atoms with van der Waals surface area (Å²) in [4.78, 5) is 29.2. The van der Waals surface area contributed by atoms with Gasteiger partial charge in [-0.25, -0.2) is 8.42 Å². The molecule has 1 aromatic carbocycles. The normalized spacial score (nSPS) is 22.8. The van der Waals surface area contributed by atoms with Gasteiger partial charge < -0.3 is 19.3 Å². The van der Waals surface area contributed by atoms with E-state index in [4.69, 9.17) is 9.47 Å². The highest BCUT2D eigenvalue weighted by molar-refractivity contribution is 7.89. The van der Waals surface area contributed by atoms with Gasteiger partial charge in [-0.15, -0.1) is 0 Å². The fourth-order valence-electron chi connectivity index (χ4n) is 4.72. The van der Waals surface area contributed by atoms with Crippen LogP contribution in [0.4, 0.5) is 0 Å². The molecule has 0 bridgehead atoms. The summed E-state index contributed by atoms with van der Waals surface area (Å²) in [6, 6.07) is 4.59. The molecule has 3 fully saturated rings. The highest BCUT2D eigenvalue weighted by Gasteiger charge is 2.33. The summed E-state index contributed by atoms with van der Waals surface area (Å²) in [7, 11) is -2.34. The van der Waals surface area contributed by atoms with Crippen molar-refractivity contribution in [1.82, 2.24) is 14.1 Å². The lowest BCUT2D eigenvalue weighted by atomic mass is 10.1. The van der Waals surface area contributed by atoms with Crippen LogP contribution in [0.3, 0.4) is 0 Å². The Morgan fingerprint density at radius 1 is 0.939 bits per heavy atom. The van der Waals surface area contributed by atoms with E-state index in [1.54, 1.807) is 21.9 Å². The van der Waals surface area contributed by atoms with E-state index in [0.29, 0.717) is 51.4 Å². The monoisotopic (exact) mass is 479 g/mol. The largest absolute Gasteiger partial charge is 0.495 e. The molecule has 3 aliphatic rings. The summed E-state index contributed by atoms with van der Waals surface area (Å²) in [6.07, 6.45) is 4.98. The number of carbonyl (C=O) groups excluding carboxylic acids is 2. The van der Waals surface area contributed by atoms with Crippen LogP contribution >= 0.6 is 0 Å². The topological polar surface area (TPSA) is 96.5 Å². The van der Waals surface area contributed by atoms with Gasteiger partial charge in [-0.1, -0.05) is 12.8 Å². The molecule has 3 aliphatic heterocycles. The smallest absolute Gasteiger partial charge is 0.254 e. The first-order chi connectivity index (χ1) is 15.9. The van der Waals surface area contributed by atoms with Crippen LogP contribution in [0.2, 0.25) is 0 Å². The van der Waals surface area contributed by atoms with E-state index in [9.17, 15) is 18.0 Å². The molecule has 4 rings (SSSR count). The van der Waals surface area contributed by atoms with Crippen molar-refractivity contribution in [2.75, 3.05) is 53.0 Å². The summed E-state index contributed by atoms with van der Waals surface area (Å²) in [5.41, 5.74) is 0.308. The highest BCUT2D eigenvalue weighted by atomic mass is 32.2. The Hall–Kier alpha value is -2.17. The van der Waals surface area contributed by atoms with Crippen molar-refractivity contribution >= 4 is 21.8 Å². The molecule has 0 aliphatic carbocycles. The number of hydrogen-bond acceptors (Lipinski definition) is 6. The average molecular weight is 480 g/mol. The first kappa shape index (κ1) is 24.0. The summed E-state index contributed by atoms with van der Waals surface area (Å²) in [5, 5.41) is 0. The fraction of sp³-hybridized carbons (Fsp3) is 0.652. The van der Waals surface area contributed by atoms with Crippen LogP contribution in [-0.2, 0) is 19.6 Å². The van der Waals surface area contributed by atoms with Gasteiger partial charge in [0.2, 0.25) is 10.0 Å². The van der Waals surface area contributed by atoms with Gasteiger partial charge in [-0.05, 0) is 43.9 Å². The second-order valence-corrected chi connectivity index (χ2v) is 10.7. The molecule has 3 saturated heterocycles. The lowest BCUT2D eigenvalue weighted by Gasteiger charge is -2.35. The van der Waals surface area contributed by atoms with Crippen LogP contribution in [0.1, 0.15) is 48.9 Å². The van der Waals surface area contributed by atoms with Crippen molar-refractivity contribution in [3.05, 3.63) is 23.8 Å².